The van der Waals surface area contributed by atoms with Crippen LogP contribution in [0.5, 0.6) is 0 Å². The second kappa shape index (κ2) is 6.95. The van der Waals surface area contributed by atoms with Crippen LogP contribution in [0.3, 0.4) is 0 Å². The van der Waals surface area contributed by atoms with E-state index in [1.807, 2.05) is 25.1 Å². The Balaban J connectivity index is 2.04. The lowest BCUT2D eigenvalue weighted by atomic mass is 9.91. The summed E-state index contributed by atoms with van der Waals surface area (Å²) >= 11 is 6.04. The summed E-state index contributed by atoms with van der Waals surface area (Å²) in [4.78, 5) is 16.5. The molecule has 1 unspecified atom stereocenters. The Bertz CT molecular complexity index is 1160. The average molecular weight is 391 g/mol. The van der Waals surface area contributed by atoms with Gasteiger partial charge in [-0.2, -0.15) is 5.26 Å². The molecule has 1 aliphatic heterocycles. The van der Waals surface area contributed by atoms with Crippen LogP contribution < -0.4 is 5.73 Å². The number of hydrogen-bond donors (Lipinski definition) is 1. The molecule has 0 radical (unpaired) electrons. The highest BCUT2D eigenvalue weighted by molar-refractivity contribution is 6.30. The molecule has 0 spiro atoms. The van der Waals surface area contributed by atoms with Crippen LogP contribution in [0.25, 0.3) is 11.1 Å². The molecule has 2 N–H and O–H groups in total. The fraction of sp³-hybridized carbons (Fsp3) is 0.143. The summed E-state index contributed by atoms with van der Waals surface area (Å²) in [5, 5.41) is 14.1. The Morgan fingerprint density at radius 3 is 2.68 bits per heavy atom. The fourth-order valence-electron chi connectivity index (χ4n) is 3.42. The molecule has 0 saturated carbocycles. The maximum atomic E-state index is 11.7. The SMILES string of the molecule is Cc1noc2c1-c1ccc(C#N)cc1C(c1ccc(Cl)cc1)=NC2CC(N)=O. The number of halogens is 1. The molecule has 3 aromatic rings. The van der Waals surface area contributed by atoms with Crippen LogP contribution >= 0.6 is 11.6 Å². The summed E-state index contributed by atoms with van der Waals surface area (Å²) < 4.78 is 5.55. The molecular weight excluding hydrogens is 376 g/mol. The topological polar surface area (TPSA) is 105 Å². The lowest BCUT2D eigenvalue weighted by molar-refractivity contribution is -0.118. The van der Waals surface area contributed by atoms with E-state index in [1.165, 1.54) is 0 Å². The quantitative estimate of drug-likeness (QED) is 0.730. The molecule has 1 atom stereocenters. The standard InChI is InChI=1S/C21H15ClN4O2/c1-11-19-15-7-2-12(10-23)8-16(15)20(13-3-5-14(22)6-4-13)25-17(9-18(24)27)21(19)28-26-11/h2-8,17H,9H2,1H3,(H2,24,27). The summed E-state index contributed by atoms with van der Waals surface area (Å²) in [6.45, 7) is 1.83. The normalized spacial score (nSPS) is 15.0. The number of amides is 1. The third kappa shape index (κ3) is 3.06. The van der Waals surface area contributed by atoms with E-state index in [0.717, 1.165) is 22.3 Å². The minimum absolute atomic E-state index is 0.0161. The predicted octanol–water partition coefficient (Wildman–Crippen LogP) is 3.94. The number of carbonyl (C=O) groups excluding carboxylic acids is 1. The van der Waals surface area contributed by atoms with Crippen LogP contribution in [0.2, 0.25) is 5.02 Å². The number of nitrogens with two attached hydrogens (primary N) is 1. The van der Waals surface area contributed by atoms with Crippen LogP contribution in [-0.4, -0.2) is 16.8 Å². The van der Waals surface area contributed by atoms with Crippen molar-refractivity contribution in [3.05, 3.63) is 75.6 Å². The smallest absolute Gasteiger partial charge is 0.220 e. The van der Waals surface area contributed by atoms with Crippen LogP contribution in [0, 0.1) is 18.3 Å². The first-order chi connectivity index (χ1) is 13.5. The van der Waals surface area contributed by atoms with E-state index >= 15 is 0 Å². The third-order valence-corrected chi connectivity index (χ3v) is 4.91. The molecule has 1 aliphatic rings. The number of fused-ring (bicyclic) bond motifs is 3. The molecule has 0 fully saturated rings. The Labute approximate surface area is 166 Å². The van der Waals surface area contributed by atoms with E-state index in [0.29, 0.717) is 27.8 Å². The minimum Gasteiger partial charge on any atom is -0.370 e. The number of rotatable bonds is 3. The number of aliphatic imine (C=N–C) groups is 1. The van der Waals surface area contributed by atoms with Crippen LogP contribution in [0.1, 0.15) is 40.6 Å². The summed E-state index contributed by atoms with van der Waals surface area (Å²) in [6, 6.07) is 14.2. The highest BCUT2D eigenvalue weighted by Gasteiger charge is 2.31. The number of primary amides is 1. The average Bonchev–Trinajstić information content (AvgIpc) is 3.00. The first kappa shape index (κ1) is 18.0. The number of aromatic nitrogens is 1. The van der Waals surface area contributed by atoms with Gasteiger partial charge in [0.1, 0.15) is 6.04 Å². The number of hydrogen-bond acceptors (Lipinski definition) is 5. The second-order valence-corrected chi connectivity index (χ2v) is 6.99. The Morgan fingerprint density at radius 1 is 1.25 bits per heavy atom. The van der Waals surface area contributed by atoms with Crippen molar-refractivity contribution in [1.29, 1.82) is 5.26 Å². The van der Waals surface area contributed by atoms with Crippen molar-refractivity contribution in [2.75, 3.05) is 0 Å². The molecule has 6 nitrogen and oxygen atoms in total. The van der Waals surface area contributed by atoms with Crippen LogP contribution in [0.15, 0.2) is 52.0 Å². The van der Waals surface area contributed by atoms with Gasteiger partial charge in [0, 0.05) is 16.1 Å². The van der Waals surface area contributed by atoms with E-state index in [-0.39, 0.29) is 6.42 Å². The molecule has 0 bridgehead atoms. The lowest BCUT2D eigenvalue weighted by Crippen LogP contribution is -2.15. The predicted molar refractivity (Wildman–Crippen MR) is 105 cm³/mol. The zero-order valence-electron chi connectivity index (χ0n) is 14.9. The number of aryl methyl sites for hydroxylation is 1. The summed E-state index contributed by atoms with van der Waals surface area (Å²) in [6.07, 6.45) is -0.0161. The van der Waals surface area contributed by atoms with Crippen molar-refractivity contribution >= 4 is 23.2 Å². The molecule has 0 saturated heterocycles. The molecule has 28 heavy (non-hydrogen) atoms. The van der Waals surface area contributed by atoms with Gasteiger partial charge in [0.05, 0.1) is 35.0 Å². The maximum absolute atomic E-state index is 11.7. The van der Waals surface area contributed by atoms with Crippen LogP contribution in [0.4, 0.5) is 0 Å². The number of nitrogens with zero attached hydrogens (tertiary/aromatic N) is 3. The van der Waals surface area contributed by atoms with E-state index in [9.17, 15) is 10.1 Å². The summed E-state index contributed by atoms with van der Waals surface area (Å²) in [5.41, 5.74) is 10.5. The largest absolute Gasteiger partial charge is 0.370 e. The highest BCUT2D eigenvalue weighted by atomic mass is 35.5. The van der Waals surface area contributed by atoms with Gasteiger partial charge in [0.15, 0.2) is 5.76 Å². The fourth-order valence-corrected chi connectivity index (χ4v) is 3.55. The Morgan fingerprint density at radius 2 is 2.00 bits per heavy atom. The maximum Gasteiger partial charge on any atom is 0.220 e. The summed E-state index contributed by atoms with van der Waals surface area (Å²) in [7, 11) is 0. The molecule has 1 amide bonds. The van der Waals surface area contributed by atoms with Crippen molar-refractivity contribution in [2.45, 2.75) is 19.4 Å². The van der Waals surface area contributed by atoms with Gasteiger partial charge < -0.3 is 10.3 Å². The molecule has 7 heteroatoms. The molecule has 2 aromatic carbocycles. The van der Waals surface area contributed by atoms with Crippen molar-refractivity contribution < 1.29 is 9.32 Å². The van der Waals surface area contributed by atoms with Crippen LogP contribution in [-0.2, 0) is 4.79 Å². The first-order valence-electron chi connectivity index (χ1n) is 8.61. The van der Waals surface area contributed by atoms with Gasteiger partial charge in [-0.3, -0.25) is 9.79 Å². The second-order valence-electron chi connectivity index (χ2n) is 6.55. The van der Waals surface area contributed by atoms with E-state index < -0.39 is 11.9 Å². The van der Waals surface area contributed by atoms with Gasteiger partial charge in [0.25, 0.3) is 0 Å². The van der Waals surface area contributed by atoms with Crippen molar-refractivity contribution in [1.82, 2.24) is 5.16 Å². The van der Waals surface area contributed by atoms with Gasteiger partial charge in [-0.15, -0.1) is 0 Å². The molecule has 1 aromatic heterocycles. The first-order valence-corrected chi connectivity index (χ1v) is 8.99. The minimum atomic E-state index is -0.614. The molecular formula is C21H15ClN4O2. The summed E-state index contributed by atoms with van der Waals surface area (Å²) in [5.74, 6) is -0.000833. The third-order valence-electron chi connectivity index (χ3n) is 4.66. The van der Waals surface area contributed by atoms with Gasteiger partial charge in [-0.25, -0.2) is 0 Å². The molecule has 4 rings (SSSR count). The number of benzene rings is 2. The number of nitriles is 1. The molecule has 138 valence electrons. The van der Waals surface area contributed by atoms with Crippen molar-refractivity contribution in [3.8, 4) is 17.2 Å². The van der Waals surface area contributed by atoms with Crippen molar-refractivity contribution in [2.24, 2.45) is 10.7 Å². The highest BCUT2D eigenvalue weighted by Crippen LogP contribution is 2.41. The molecule has 2 heterocycles. The van der Waals surface area contributed by atoms with Crippen molar-refractivity contribution in [3.63, 3.8) is 0 Å². The lowest BCUT2D eigenvalue weighted by Gasteiger charge is -2.12. The van der Waals surface area contributed by atoms with Gasteiger partial charge in [-0.05, 0) is 36.8 Å². The zero-order chi connectivity index (χ0) is 19.8. The van der Waals surface area contributed by atoms with Gasteiger partial charge in [0.2, 0.25) is 5.91 Å². The Kier molecular flexibility index (Phi) is 4.46. The Hall–Kier alpha value is -3.43. The number of carbonyl (C=O) groups is 1. The zero-order valence-corrected chi connectivity index (χ0v) is 15.7. The van der Waals surface area contributed by atoms with Gasteiger partial charge >= 0.3 is 0 Å². The van der Waals surface area contributed by atoms with Gasteiger partial charge in [-0.1, -0.05) is 35.0 Å². The molecule has 0 aliphatic carbocycles. The van der Waals surface area contributed by atoms with E-state index in [4.69, 9.17) is 26.9 Å². The monoisotopic (exact) mass is 390 g/mol. The van der Waals surface area contributed by atoms with E-state index in [2.05, 4.69) is 11.2 Å². The van der Waals surface area contributed by atoms with E-state index in [1.54, 1.807) is 24.3 Å².